The standard InChI is InChI=1S/C7H15NO2S/c1-7(2,4-11-3)5(8)6(9)10/h5H,4,8H2,1-3H3,(H,9,10). The fourth-order valence-corrected chi connectivity index (χ4v) is 1.72. The largest absolute Gasteiger partial charge is 0.480 e. The van der Waals surface area contributed by atoms with E-state index in [0.29, 0.717) is 0 Å². The van der Waals surface area contributed by atoms with Crippen molar-refractivity contribution in [1.29, 1.82) is 0 Å². The van der Waals surface area contributed by atoms with Gasteiger partial charge < -0.3 is 10.8 Å². The first-order chi connectivity index (χ1) is 4.91. The van der Waals surface area contributed by atoms with Gasteiger partial charge in [-0.3, -0.25) is 4.79 Å². The molecule has 0 amide bonds. The minimum atomic E-state index is -0.927. The highest BCUT2D eigenvalue weighted by molar-refractivity contribution is 7.98. The predicted molar refractivity (Wildman–Crippen MR) is 47.8 cm³/mol. The third-order valence-electron chi connectivity index (χ3n) is 1.62. The molecule has 0 heterocycles. The minimum Gasteiger partial charge on any atom is -0.480 e. The van der Waals surface area contributed by atoms with Crippen LogP contribution in [0.2, 0.25) is 0 Å². The summed E-state index contributed by atoms with van der Waals surface area (Å²) in [6, 6.07) is -0.769. The number of aliphatic carboxylic acids is 1. The molecule has 1 unspecified atom stereocenters. The van der Waals surface area contributed by atoms with E-state index in [1.165, 1.54) is 0 Å². The number of hydrogen-bond donors (Lipinski definition) is 2. The Kier molecular flexibility index (Phi) is 3.89. The monoisotopic (exact) mass is 177 g/mol. The van der Waals surface area contributed by atoms with Crippen LogP contribution in [-0.2, 0) is 4.79 Å². The maximum atomic E-state index is 10.5. The van der Waals surface area contributed by atoms with E-state index in [-0.39, 0.29) is 5.41 Å². The zero-order chi connectivity index (χ0) is 9.07. The second-order valence-corrected chi connectivity index (χ2v) is 4.10. The van der Waals surface area contributed by atoms with Crippen molar-refractivity contribution in [3.8, 4) is 0 Å². The lowest BCUT2D eigenvalue weighted by molar-refractivity contribution is -0.140. The minimum absolute atomic E-state index is 0.328. The number of carbonyl (C=O) groups is 1. The molecule has 3 nitrogen and oxygen atoms in total. The maximum absolute atomic E-state index is 10.5. The van der Waals surface area contributed by atoms with Gasteiger partial charge in [0.15, 0.2) is 0 Å². The number of rotatable bonds is 4. The van der Waals surface area contributed by atoms with Crippen LogP contribution in [-0.4, -0.2) is 29.1 Å². The van der Waals surface area contributed by atoms with Crippen LogP contribution in [0.4, 0.5) is 0 Å². The highest BCUT2D eigenvalue weighted by Gasteiger charge is 2.31. The first-order valence-electron chi connectivity index (χ1n) is 3.39. The molecule has 0 aromatic heterocycles. The Balaban J connectivity index is 4.16. The number of nitrogens with two attached hydrogens (primary N) is 1. The topological polar surface area (TPSA) is 63.3 Å². The van der Waals surface area contributed by atoms with E-state index in [0.717, 1.165) is 5.75 Å². The van der Waals surface area contributed by atoms with Gasteiger partial charge in [0, 0.05) is 5.75 Å². The third kappa shape index (κ3) is 3.12. The summed E-state index contributed by atoms with van der Waals surface area (Å²) < 4.78 is 0. The van der Waals surface area contributed by atoms with E-state index in [1.54, 1.807) is 11.8 Å². The Morgan fingerprint density at radius 1 is 1.73 bits per heavy atom. The Morgan fingerprint density at radius 3 is 2.45 bits per heavy atom. The van der Waals surface area contributed by atoms with Gasteiger partial charge in [-0.1, -0.05) is 13.8 Å². The van der Waals surface area contributed by atoms with Crippen LogP contribution in [0.25, 0.3) is 0 Å². The van der Waals surface area contributed by atoms with Crippen LogP contribution < -0.4 is 5.73 Å². The Hall–Kier alpha value is -0.220. The third-order valence-corrected chi connectivity index (χ3v) is 2.66. The molecule has 0 rings (SSSR count). The van der Waals surface area contributed by atoms with Crippen LogP contribution in [0, 0.1) is 5.41 Å². The first-order valence-corrected chi connectivity index (χ1v) is 4.78. The van der Waals surface area contributed by atoms with Crippen molar-refractivity contribution in [2.75, 3.05) is 12.0 Å². The van der Waals surface area contributed by atoms with Gasteiger partial charge in [0.1, 0.15) is 6.04 Å². The fraction of sp³-hybridized carbons (Fsp3) is 0.857. The van der Waals surface area contributed by atoms with Crippen LogP contribution in [0.5, 0.6) is 0 Å². The summed E-state index contributed by atoms with van der Waals surface area (Å²) in [5, 5.41) is 8.61. The van der Waals surface area contributed by atoms with Gasteiger partial charge in [-0.25, -0.2) is 0 Å². The number of carboxylic acids is 1. The number of carboxylic acid groups (broad SMARTS) is 1. The highest BCUT2D eigenvalue weighted by atomic mass is 32.2. The molecule has 4 heteroatoms. The van der Waals surface area contributed by atoms with E-state index in [2.05, 4.69) is 0 Å². The Bertz CT molecular complexity index is 147. The van der Waals surface area contributed by atoms with Crippen molar-refractivity contribution in [3.05, 3.63) is 0 Å². The SMILES string of the molecule is CSCC(C)(C)C(N)C(=O)O. The molecule has 0 aliphatic carbocycles. The van der Waals surface area contributed by atoms with Crippen molar-refractivity contribution < 1.29 is 9.90 Å². The van der Waals surface area contributed by atoms with E-state index >= 15 is 0 Å². The van der Waals surface area contributed by atoms with Crippen LogP contribution >= 0.6 is 11.8 Å². The van der Waals surface area contributed by atoms with E-state index in [4.69, 9.17) is 10.8 Å². The van der Waals surface area contributed by atoms with Gasteiger partial charge in [0.2, 0.25) is 0 Å². The highest BCUT2D eigenvalue weighted by Crippen LogP contribution is 2.23. The molecule has 0 fully saturated rings. The molecule has 11 heavy (non-hydrogen) atoms. The molecular formula is C7H15NO2S. The summed E-state index contributed by atoms with van der Waals surface area (Å²) in [7, 11) is 0. The van der Waals surface area contributed by atoms with Crippen LogP contribution in [0.3, 0.4) is 0 Å². The zero-order valence-electron chi connectivity index (χ0n) is 7.13. The lowest BCUT2D eigenvalue weighted by atomic mass is 9.87. The molecule has 0 spiro atoms. The number of thioether (sulfide) groups is 1. The fourth-order valence-electron chi connectivity index (χ4n) is 0.796. The smallest absolute Gasteiger partial charge is 0.321 e. The van der Waals surface area contributed by atoms with Crippen molar-refractivity contribution >= 4 is 17.7 Å². The molecule has 0 aromatic carbocycles. The summed E-state index contributed by atoms with van der Waals surface area (Å²) >= 11 is 1.61. The van der Waals surface area contributed by atoms with E-state index in [1.807, 2.05) is 20.1 Å². The summed E-state index contributed by atoms with van der Waals surface area (Å²) in [6.07, 6.45) is 1.94. The van der Waals surface area contributed by atoms with Crippen LogP contribution in [0.1, 0.15) is 13.8 Å². The summed E-state index contributed by atoms with van der Waals surface area (Å²) in [5.41, 5.74) is 5.14. The lowest BCUT2D eigenvalue weighted by Crippen LogP contribution is -2.45. The summed E-state index contributed by atoms with van der Waals surface area (Å²) in [4.78, 5) is 10.5. The molecule has 0 saturated heterocycles. The second kappa shape index (κ2) is 3.97. The molecule has 0 radical (unpaired) electrons. The van der Waals surface area contributed by atoms with Crippen molar-refractivity contribution in [1.82, 2.24) is 0 Å². The zero-order valence-corrected chi connectivity index (χ0v) is 7.94. The van der Waals surface area contributed by atoms with Gasteiger partial charge in [0.25, 0.3) is 0 Å². The second-order valence-electron chi connectivity index (χ2n) is 3.24. The number of hydrogen-bond acceptors (Lipinski definition) is 3. The molecule has 0 aliphatic rings. The van der Waals surface area contributed by atoms with Gasteiger partial charge >= 0.3 is 5.97 Å². The average Bonchev–Trinajstić information content (AvgIpc) is 1.86. The Labute approximate surface area is 71.3 Å². The summed E-state index contributed by atoms with van der Waals surface area (Å²) in [6.45, 7) is 3.73. The lowest BCUT2D eigenvalue weighted by Gasteiger charge is -2.27. The molecule has 0 aliphatic heterocycles. The van der Waals surface area contributed by atoms with Gasteiger partial charge in [-0.15, -0.1) is 0 Å². The maximum Gasteiger partial charge on any atom is 0.321 e. The molecule has 0 aromatic rings. The first kappa shape index (κ1) is 10.8. The molecule has 1 atom stereocenters. The van der Waals surface area contributed by atoms with Gasteiger partial charge in [-0.2, -0.15) is 11.8 Å². The molecule has 0 saturated carbocycles. The average molecular weight is 177 g/mol. The Morgan fingerprint density at radius 2 is 2.18 bits per heavy atom. The van der Waals surface area contributed by atoms with Gasteiger partial charge in [0.05, 0.1) is 0 Å². The van der Waals surface area contributed by atoms with Crippen molar-refractivity contribution in [2.45, 2.75) is 19.9 Å². The predicted octanol–water partition coefficient (Wildman–Crippen LogP) is 0.788. The van der Waals surface area contributed by atoms with Crippen molar-refractivity contribution in [2.24, 2.45) is 11.1 Å². The molecule has 0 bridgehead atoms. The van der Waals surface area contributed by atoms with Crippen LogP contribution in [0.15, 0.2) is 0 Å². The molecule has 66 valence electrons. The van der Waals surface area contributed by atoms with E-state index in [9.17, 15) is 4.79 Å². The normalized spacial score (nSPS) is 14.5. The molecule has 3 N–H and O–H groups in total. The summed E-state index contributed by atoms with van der Waals surface area (Å²) in [5.74, 6) is -0.162. The molecular weight excluding hydrogens is 162 g/mol. The van der Waals surface area contributed by atoms with E-state index < -0.39 is 12.0 Å². The van der Waals surface area contributed by atoms with Gasteiger partial charge in [-0.05, 0) is 11.7 Å². The quantitative estimate of drug-likeness (QED) is 0.666. The van der Waals surface area contributed by atoms with Crippen molar-refractivity contribution in [3.63, 3.8) is 0 Å².